The molecule has 3 spiro atoms. The maximum atomic E-state index is 13.0. The van der Waals surface area contributed by atoms with Gasteiger partial charge in [-0.15, -0.1) is 0 Å². The summed E-state index contributed by atoms with van der Waals surface area (Å²) in [4.78, 5) is 50.2. The molecule has 5 saturated carbocycles. The van der Waals surface area contributed by atoms with E-state index in [4.69, 9.17) is 23.7 Å². The van der Waals surface area contributed by atoms with Crippen molar-refractivity contribution < 1.29 is 53.1 Å². The van der Waals surface area contributed by atoms with Crippen LogP contribution in [0.1, 0.15) is 127 Å². The Morgan fingerprint density at radius 1 is 0.840 bits per heavy atom. The van der Waals surface area contributed by atoms with Crippen LogP contribution >= 0.6 is 0 Å². The van der Waals surface area contributed by atoms with E-state index in [1.807, 2.05) is 0 Å². The van der Waals surface area contributed by atoms with E-state index in [0.717, 1.165) is 38.5 Å². The Balaban J connectivity index is 1.28. The van der Waals surface area contributed by atoms with E-state index in [1.54, 1.807) is 13.8 Å². The van der Waals surface area contributed by atoms with Crippen molar-refractivity contribution in [1.29, 1.82) is 0 Å². The number of carboxylic acids is 1. The summed E-state index contributed by atoms with van der Waals surface area (Å²) in [5.41, 5.74) is -3.61. The first-order chi connectivity index (χ1) is 23.1. The molecule has 2 N–H and O–H groups in total. The van der Waals surface area contributed by atoms with Crippen LogP contribution < -0.4 is 0 Å². The van der Waals surface area contributed by atoms with Crippen molar-refractivity contribution in [2.24, 2.45) is 50.7 Å². The van der Waals surface area contributed by atoms with Gasteiger partial charge in [0.15, 0.2) is 5.79 Å². The fourth-order valence-electron chi connectivity index (χ4n) is 13.9. The number of carbonyl (C=O) groups is 4. The minimum Gasteiger partial charge on any atom is -0.481 e. The number of fused-ring (bicyclic) bond motifs is 4. The maximum Gasteiger partial charge on any atom is 0.306 e. The molecule has 280 valence electrons. The minimum atomic E-state index is -1.28. The number of hydrogen-bond acceptors (Lipinski definition) is 10. The predicted octanol–water partition coefficient (Wildman–Crippen LogP) is 5.58. The molecule has 7 aliphatic rings. The van der Waals surface area contributed by atoms with E-state index in [9.17, 15) is 29.4 Å². The van der Waals surface area contributed by atoms with Crippen molar-refractivity contribution in [3.05, 3.63) is 0 Å². The molecule has 11 nitrogen and oxygen atoms in total. The number of rotatable bonds is 7. The van der Waals surface area contributed by atoms with Gasteiger partial charge < -0.3 is 33.9 Å². The van der Waals surface area contributed by atoms with Gasteiger partial charge in [-0.3, -0.25) is 19.2 Å². The van der Waals surface area contributed by atoms with Crippen molar-refractivity contribution >= 4 is 23.9 Å². The van der Waals surface area contributed by atoms with Gasteiger partial charge in [0, 0.05) is 42.4 Å². The molecular formula is C39H58O11. The highest BCUT2D eigenvalue weighted by Gasteiger charge is 2.88. The predicted molar refractivity (Wildman–Crippen MR) is 178 cm³/mol. The summed E-state index contributed by atoms with van der Waals surface area (Å²) in [6.07, 6.45) is 5.37. The van der Waals surface area contributed by atoms with Gasteiger partial charge in [-0.05, 0) is 94.8 Å². The third-order valence-electron chi connectivity index (χ3n) is 16.0. The first-order valence-corrected chi connectivity index (χ1v) is 18.9. The zero-order chi connectivity index (χ0) is 36.7. The van der Waals surface area contributed by atoms with Crippen molar-refractivity contribution in [1.82, 2.24) is 0 Å². The van der Waals surface area contributed by atoms with Gasteiger partial charge >= 0.3 is 23.9 Å². The van der Waals surface area contributed by atoms with Gasteiger partial charge in [0.25, 0.3) is 0 Å². The minimum absolute atomic E-state index is 0.0242. The largest absolute Gasteiger partial charge is 0.481 e. The van der Waals surface area contributed by atoms with Crippen molar-refractivity contribution in [3.8, 4) is 0 Å². The zero-order valence-electron chi connectivity index (χ0n) is 31.4. The van der Waals surface area contributed by atoms with Crippen LogP contribution in [0.3, 0.4) is 0 Å². The molecule has 1 unspecified atom stereocenters. The van der Waals surface area contributed by atoms with Crippen LogP contribution in [0.2, 0.25) is 0 Å². The molecule has 0 aromatic heterocycles. The summed E-state index contributed by atoms with van der Waals surface area (Å²) in [6, 6.07) is 0. The highest BCUT2D eigenvalue weighted by atomic mass is 16.7. The Kier molecular flexibility index (Phi) is 7.88. The highest BCUT2D eigenvalue weighted by Crippen LogP contribution is 2.90. The van der Waals surface area contributed by atoms with E-state index in [0.29, 0.717) is 31.8 Å². The molecule has 7 rings (SSSR count). The lowest BCUT2D eigenvalue weighted by Crippen LogP contribution is -2.63. The fraction of sp³-hybridized carbons (Fsp3) is 0.897. The van der Waals surface area contributed by atoms with Crippen LogP contribution in [0.25, 0.3) is 0 Å². The topological polar surface area (TPSA) is 155 Å². The molecule has 50 heavy (non-hydrogen) atoms. The van der Waals surface area contributed by atoms with Gasteiger partial charge in [0.2, 0.25) is 0 Å². The van der Waals surface area contributed by atoms with Crippen molar-refractivity contribution in [2.75, 3.05) is 6.61 Å². The molecule has 5 aliphatic carbocycles. The van der Waals surface area contributed by atoms with Crippen LogP contribution in [-0.4, -0.2) is 76.0 Å². The lowest BCUT2D eigenvalue weighted by atomic mass is 9.41. The average molecular weight is 703 g/mol. The fourth-order valence-corrected chi connectivity index (χ4v) is 13.9. The number of esters is 3. The molecule has 13 atom stereocenters. The third-order valence-corrected chi connectivity index (χ3v) is 16.0. The monoisotopic (exact) mass is 702 g/mol. The van der Waals surface area contributed by atoms with Crippen molar-refractivity contribution in [2.45, 2.75) is 162 Å². The Morgan fingerprint density at radius 3 is 2.08 bits per heavy atom. The summed E-state index contributed by atoms with van der Waals surface area (Å²) >= 11 is 0. The number of carboxylic acid groups (broad SMARTS) is 1. The quantitative estimate of drug-likeness (QED) is 0.253. The maximum absolute atomic E-state index is 13.0. The molecule has 11 heteroatoms. The average Bonchev–Trinajstić information content (AvgIpc) is 3.48. The Hall–Kier alpha value is -2.24. The van der Waals surface area contributed by atoms with E-state index < -0.39 is 69.8 Å². The van der Waals surface area contributed by atoms with Gasteiger partial charge in [-0.2, -0.15) is 0 Å². The number of aliphatic carboxylic acids is 1. The van der Waals surface area contributed by atoms with Crippen molar-refractivity contribution in [3.63, 3.8) is 0 Å². The van der Waals surface area contributed by atoms with E-state index in [-0.39, 0.29) is 40.6 Å². The third kappa shape index (κ3) is 4.50. The highest BCUT2D eigenvalue weighted by molar-refractivity contribution is 5.78. The standard InChI is InChI=1S/C39H58O11/c1-21(31(43)44)18-27(42)49-26-12-13-36-19-37(36)15-16-38-20-46-39(33(6,7)45)17-14-34(8,50-39)29(38)28(47-22(2)40)30(48-23(3)41)35(38,9)25(37)11-10-24(36)32(26,4)5/h21,24-26,28-30,45H,10-20H2,1-9H3,(H,43,44)/t21?,24-,25-,26-,28+,29+,30+,34-,35+,36+,37-,38-,39-/m0/s1. The smallest absolute Gasteiger partial charge is 0.306 e. The van der Waals surface area contributed by atoms with Gasteiger partial charge in [-0.25, -0.2) is 0 Å². The lowest BCUT2D eigenvalue weighted by molar-refractivity contribution is -0.316. The SMILES string of the molecule is CC(=O)O[C@H]1[C@@H](OC(C)=O)[C@@]2(C)[C@@H]3CC[C@H]4C(C)(C)[C@@H](OC(=O)CC(C)C(=O)O)CC[C@@]45C[C@@]35CC[C@@]23CO[C@@]2(C(C)(C)O)CC[C@](C)(O2)[C@@H]13. The zero-order valence-corrected chi connectivity index (χ0v) is 31.4. The summed E-state index contributed by atoms with van der Waals surface area (Å²) in [5, 5.41) is 20.8. The second-order valence-electron chi connectivity index (χ2n) is 19.0. The molecule has 2 saturated heterocycles. The normalized spacial score (nSPS) is 48.7. The number of ether oxygens (including phenoxy) is 5. The summed E-state index contributed by atoms with van der Waals surface area (Å²) in [6.45, 7) is 16.9. The lowest BCUT2D eigenvalue weighted by Gasteiger charge is -2.64. The first kappa shape index (κ1) is 36.1. The van der Waals surface area contributed by atoms with Crippen LogP contribution in [0, 0.1) is 50.7 Å². The Labute approximate surface area is 295 Å². The van der Waals surface area contributed by atoms with Crippen LogP contribution in [0.15, 0.2) is 0 Å². The summed E-state index contributed by atoms with van der Waals surface area (Å²) in [7, 11) is 0. The number of hydrogen-bond donors (Lipinski definition) is 2. The second kappa shape index (κ2) is 10.9. The molecule has 2 bridgehead atoms. The van der Waals surface area contributed by atoms with E-state index in [2.05, 4.69) is 27.7 Å². The van der Waals surface area contributed by atoms with Gasteiger partial charge in [-0.1, -0.05) is 27.7 Å². The second-order valence-corrected chi connectivity index (χ2v) is 19.0. The molecule has 2 heterocycles. The Bertz CT molecular complexity index is 1480. The molecule has 0 radical (unpaired) electrons. The molecule has 0 aromatic carbocycles. The van der Waals surface area contributed by atoms with Crippen LogP contribution in [0.5, 0.6) is 0 Å². The van der Waals surface area contributed by atoms with Crippen LogP contribution in [0.4, 0.5) is 0 Å². The van der Waals surface area contributed by atoms with E-state index >= 15 is 0 Å². The summed E-state index contributed by atoms with van der Waals surface area (Å²) in [5.74, 6) is -4.22. The molecule has 0 aromatic rings. The van der Waals surface area contributed by atoms with Gasteiger partial charge in [0.1, 0.15) is 23.9 Å². The molecular weight excluding hydrogens is 644 g/mol. The number of carbonyl (C=O) groups excluding carboxylic acids is 3. The first-order valence-electron chi connectivity index (χ1n) is 18.9. The molecule has 7 fully saturated rings. The van der Waals surface area contributed by atoms with Gasteiger partial charge in [0.05, 0.1) is 24.5 Å². The summed E-state index contributed by atoms with van der Waals surface area (Å²) < 4.78 is 32.6. The van der Waals surface area contributed by atoms with E-state index in [1.165, 1.54) is 20.8 Å². The molecule has 0 amide bonds. The number of aliphatic hydroxyl groups is 1. The molecule has 2 aliphatic heterocycles. The Morgan fingerprint density at radius 2 is 1.46 bits per heavy atom. The van der Waals surface area contributed by atoms with Crippen LogP contribution in [-0.2, 0) is 42.9 Å².